The Kier molecular flexibility index (Phi) is 72.9. The van der Waals surface area contributed by atoms with Crippen molar-refractivity contribution >= 4 is 33.6 Å². The number of allylic oxidation sites excluding steroid dienone is 10. The van der Waals surface area contributed by atoms with Gasteiger partial charge in [-0.1, -0.05) is 332 Å². The average molecular weight is 1440 g/mol. The molecule has 5 unspecified atom stereocenters. The van der Waals surface area contributed by atoms with Gasteiger partial charge in [0.15, 0.2) is 6.10 Å². The second-order valence-corrected chi connectivity index (χ2v) is 30.5. The van der Waals surface area contributed by atoms with Crippen LogP contribution in [0.4, 0.5) is 0 Å². The lowest BCUT2D eigenvalue weighted by Crippen LogP contribution is -2.30. The Hall–Kier alpha value is -2.75. The number of hydrogen-bond donors (Lipinski definition) is 4. The third-order valence-electron chi connectivity index (χ3n) is 17.7. The Labute approximate surface area is 605 Å². The van der Waals surface area contributed by atoms with Crippen LogP contribution in [0.25, 0.3) is 0 Å². The molecule has 580 valence electrons. The van der Waals surface area contributed by atoms with Gasteiger partial charge >= 0.3 is 33.6 Å². The third kappa shape index (κ3) is 76.2. The van der Waals surface area contributed by atoms with Crippen LogP contribution in [-0.4, -0.2) is 95.9 Å². The Morgan fingerprint density at radius 1 is 0.283 bits per heavy atom. The van der Waals surface area contributed by atoms with Crippen LogP contribution in [0.1, 0.15) is 380 Å². The summed E-state index contributed by atoms with van der Waals surface area (Å²) in [6.07, 6.45) is 81.6. The minimum atomic E-state index is -4.92. The fourth-order valence-corrected chi connectivity index (χ4v) is 13.1. The maximum Gasteiger partial charge on any atom is 0.472 e. The van der Waals surface area contributed by atoms with E-state index in [-0.39, 0.29) is 19.3 Å². The molecule has 0 saturated carbocycles. The van der Waals surface area contributed by atoms with E-state index in [1.54, 1.807) is 0 Å². The van der Waals surface area contributed by atoms with Crippen molar-refractivity contribution in [3.05, 3.63) is 60.8 Å². The molecule has 0 amide bonds. The van der Waals surface area contributed by atoms with Crippen molar-refractivity contribution in [1.82, 2.24) is 0 Å². The summed E-state index contributed by atoms with van der Waals surface area (Å²) >= 11 is 0. The summed E-state index contributed by atoms with van der Waals surface area (Å²) < 4.78 is 61.1. The van der Waals surface area contributed by atoms with Gasteiger partial charge < -0.3 is 34.2 Å². The quantitative estimate of drug-likeness (QED) is 0.0146. The molecule has 0 rings (SSSR count). The number of carbonyl (C=O) groups excluding carboxylic acids is 3. The number of unbranched alkanes of at least 4 members (excludes halogenated alkanes) is 45. The Morgan fingerprint density at radius 2 is 0.505 bits per heavy atom. The van der Waals surface area contributed by atoms with E-state index < -0.39 is 91.5 Å². The first kappa shape index (κ1) is 96.2. The summed E-state index contributed by atoms with van der Waals surface area (Å²) in [4.78, 5) is 58.5. The molecule has 0 heterocycles. The molecule has 4 N–H and O–H groups in total. The minimum Gasteiger partial charge on any atom is -0.463 e. The average Bonchev–Trinajstić information content (AvgIpc) is 1.09. The van der Waals surface area contributed by atoms with Crippen LogP contribution in [0.2, 0.25) is 0 Å². The zero-order chi connectivity index (χ0) is 72.3. The van der Waals surface area contributed by atoms with Crippen molar-refractivity contribution < 1.29 is 75.8 Å². The molecule has 0 aliphatic rings. The van der Waals surface area contributed by atoms with E-state index in [0.29, 0.717) is 19.3 Å². The van der Waals surface area contributed by atoms with E-state index in [1.807, 2.05) is 0 Å². The fraction of sp³-hybridized carbons (Fsp3) is 0.840. The minimum absolute atomic E-state index is 0.110. The predicted molar refractivity (Wildman–Crippen MR) is 409 cm³/mol. The highest BCUT2D eigenvalue weighted by Crippen LogP contribution is 2.45. The summed E-state index contributed by atoms with van der Waals surface area (Å²) in [5.74, 6) is -1.56. The molecule has 0 aromatic carbocycles. The van der Waals surface area contributed by atoms with Crippen molar-refractivity contribution in [3.8, 4) is 0 Å². The number of carbonyl (C=O) groups is 3. The number of esters is 3. The monoisotopic (exact) mass is 1440 g/mol. The second-order valence-electron chi connectivity index (χ2n) is 27.6. The lowest BCUT2D eigenvalue weighted by atomic mass is 10.0. The van der Waals surface area contributed by atoms with Crippen LogP contribution in [0.15, 0.2) is 60.8 Å². The number of phosphoric acid groups is 2. The molecule has 0 fully saturated rings. The number of aliphatic hydroxyl groups excluding tert-OH is 2. The zero-order valence-electron chi connectivity index (χ0n) is 63.4. The van der Waals surface area contributed by atoms with Crippen LogP contribution in [0.5, 0.6) is 0 Å². The molecule has 5 atom stereocenters. The summed E-state index contributed by atoms with van der Waals surface area (Å²) in [5, 5.41) is 20.6. The first-order chi connectivity index (χ1) is 48.2. The van der Waals surface area contributed by atoms with Gasteiger partial charge in [0.05, 0.1) is 26.4 Å². The number of ether oxygens (including phenoxy) is 3. The molecule has 0 aliphatic carbocycles. The highest BCUT2D eigenvalue weighted by molar-refractivity contribution is 7.47. The smallest absolute Gasteiger partial charge is 0.463 e. The predicted octanol–water partition coefficient (Wildman–Crippen LogP) is 23.7. The van der Waals surface area contributed by atoms with Gasteiger partial charge in [0, 0.05) is 19.3 Å². The van der Waals surface area contributed by atoms with Crippen LogP contribution >= 0.6 is 15.6 Å². The van der Waals surface area contributed by atoms with Gasteiger partial charge in [-0.05, 0) is 89.9 Å². The second kappa shape index (κ2) is 74.9. The summed E-state index contributed by atoms with van der Waals surface area (Å²) in [6, 6.07) is 0. The van der Waals surface area contributed by atoms with Gasteiger partial charge in [-0.2, -0.15) is 0 Å². The SMILES string of the molecule is CCCCC/C=C\C/C=C\C/C=C\C/C=C\CCCCCCCCCCCCCCCCCCCCCC(=O)OCC(O)COP(=O)(O)OCC(O)COP(=O)(O)OCC(COC(=O)CCCCCCC/C=C\CCCCCCCC)OC(=O)CCCCCCCCCCCCCCC. The highest BCUT2D eigenvalue weighted by atomic mass is 31.2. The van der Waals surface area contributed by atoms with Gasteiger partial charge in [0.25, 0.3) is 0 Å². The van der Waals surface area contributed by atoms with Crippen LogP contribution in [-0.2, 0) is 55.8 Å². The van der Waals surface area contributed by atoms with Crippen molar-refractivity contribution in [2.24, 2.45) is 0 Å². The maximum atomic E-state index is 12.9. The van der Waals surface area contributed by atoms with E-state index in [2.05, 4.69) is 81.5 Å². The van der Waals surface area contributed by atoms with E-state index in [0.717, 1.165) is 103 Å². The molecule has 0 aromatic heterocycles. The highest BCUT2D eigenvalue weighted by Gasteiger charge is 2.29. The van der Waals surface area contributed by atoms with Gasteiger partial charge in [-0.15, -0.1) is 0 Å². The molecular weight excluding hydrogens is 1290 g/mol. The van der Waals surface area contributed by atoms with Gasteiger partial charge in [-0.25, -0.2) is 9.13 Å². The first-order valence-corrected chi connectivity index (χ1v) is 43.6. The normalized spacial score (nSPS) is 14.3. The Bertz CT molecular complexity index is 2050. The molecule has 18 heteroatoms. The van der Waals surface area contributed by atoms with Crippen molar-refractivity contribution in [3.63, 3.8) is 0 Å². The number of phosphoric ester groups is 2. The van der Waals surface area contributed by atoms with Gasteiger partial charge in [0.1, 0.15) is 25.4 Å². The van der Waals surface area contributed by atoms with Crippen molar-refractivity contribution in [1.29, 1.82) is 0 Å². The maximum absolute atomic E-state index is 12.9. The van der Waals surface area contributed by atoms with Gasteiger partial charge in [-0.3, -0.25) is 32.5 Å². The van der Waals surface area contributed by atoms with Gasteiger partial charge in [0.2, 0.25) is 0 Å². The van der Waals surface area contributed by atoms with E-state index in [1.165, 1.54) is 218 Å². The largest absolute Gasteiger partial charge is 0.472 e. The lowest BCUT2D eigenvalue weighted by molar-refractivity contribution is -0.161. The molecule has 16 nitrogen and oxygen atoms in total. The van der Waals surface area contributed by atoms with E-state index >= 15 is 0 Å². The third-order valence-corrected chi connectivity index (χ3v) is 19.6. The van der Waals surface area contributed by atoms with E-state index in [9.17, 15) is 43.5 Å². The van der Waals surface area contributed by atoms with Crippen LogP contribution < -0.4 is 0 Å². The zero-order valence-corrected chi connectivity index (χ0v) is 65.2. The fourth-order valence-electron chi connectivity index (χ4n) is 11.5. The van der Waals surface area contributed by atoms with Crippen molar-refractivity contribution in [2.45, 2.75) is 399 Å². The molecule has 0 aliphatic heterocycles. The number of aliphatic hydroxyl groups is 2. The molecule has 0 spiro atoms. The van der Waals surface area contributed by atoms with Crippen molar-refractivity contribution in [2.75, 3.05) is 39.6 Å². The molecule has 0 saturated heterocycles. The summed E-state index contributed by atoms with van der Waals surface area (Å²) in [5.41, 5.74) is 0. The van der Waals surface area contributed by atoms with Crippen LogP contribution in [0, 0.1) is 0 Å². The molecular formula is C81H150O16P2. The first-order valence-electron chi connectivity index (χ1n) is 40.6. The topological polar surface area (TPSA) is 231 Å². The standard InChI is InChI=1S/C81H150O16P2/c1-4-7-10-13-16-19-22-25-27-28-29-30-31-32-33-34-35-36-37-38-39-40-41-42-43-44-45-46-48-51-52-55-58-61-64-67-79(84)91-70-76(82)71-93-98(87,88)94-72-77(83)73-95-99(89,90)96-75-78(97-81(86)69-66-63-60-57-54-49-24-21-18-15-12-9-6-3)74-92-80(85)68-65-62-59-56-53-50-47-26-23-20-17-14-11-8-5-2/h16,19,25-27,29-30,32-33,47,76-78,82-83H,4-15,17-18,20-24,28,31,34-46,48-75H2,1-3H3,(H,87,88)(H,89,90)/b19-16-,27-25-,30-29-,33-32-,47-26-. The molecule has 0 bridgehead atoms. The Balaban J connectivity index is 4.29. The molecule has 99 heavy (non-hydrogen) atoms. The van der Waals surface area contributed by atoms with Crippen LogP contribution in [0.3, 0.4) is 0 Å². The van der Waals surface area contributed by atoms with E-state index in [4.69, 9.17) is 32.3 Å². The molecule has 0 radical (unpaired) electrons. The number of rotatable bonds is 78. The lowest BCUT2D eigenvalue weighted by Gasteiger charge is -2.21. The number of hydrogen-bond acceptors (Lipinski definition) is 14. The summed E-state index contributed by atoms with van der Waals surface area (Å²) in [6.45, 7) is 2.70. The summed E-state index contributed by atoms with van der Waals surface area (Å²) in [7, 11) is -9.77. The Morgan fingerprint density at radius 3 is 0.828 bits per heavy atom. The molecule has 0 aromatic rings.